The van der Waals surface area contributed by atoms with E-state index in [1.807, 2.05) is 0 Å². The largest absolute Gasteiger partial charge is 0.471 e. The van der Waals surface area contributed by atoms with E-state index in [1.165, 1.54) is 18.2 Å². The normalized spacial score (nSPS) is 11.7. The fourth-order valence-electron chi connectivity index (χ4n) is 1.27. The van der Waals surface area contributed by atoms with E-state index in [2.05, 4.69) is 9.40 Å². The number of para-hydroxylation sites is 1. The number of hydrogen-bond donors (Lipinski definition) is 2. The van der Waals surface area contributed by atoms with Crippen LogP contribution in [0.3, 0.4) is 0 Å². The smallest absolute Gasteiger partial charge is 0.408 e. The minimum absolute atomic E-state index is 0.00935. The highest BCUT2D eigenvalue weighted by Crippen LogP contribution is 2.23. The fourth-order valence-corrected chi connectivity index (χ4v) is 1.27. The summed E-state index contributed by atoms with van der Waals surface area (Å²) in [5, 5.41) is 1.64. The van der Waals surface area contributed by atoms with Gasteiger partial charge in [0.25, 0.3) is 0 Å². The standard InChI is InChI=1S/C9H5F3N2O3/c10-9(11,12)7(15)13-4-2-1-3-5-6(4)14-8(16)17-5/h1-3H,(H,13,15)(H,14,16). The van der Waals surface area contributed by atoms with Gasteiger partial charge < -0.3 is 9.73 Å². The average molecular weight is 246 g/mol. The quantitative estimate of drug-likeness (QED) is 0.802. The van der Waals surface area contributed by atoms with Crippen molar-refractivity contribution in [1.82, 2.24) is 4.98 Å². The minimum Gasteiger partial charge on any atom is -0.408 e. The van der Waals surface area contributed by atoms with Crippen molar-refractivity contribution in [1.29, 1.82) is 0 Å². The van der Waals surface area contributed by atoms with Gasteiger partial charge in [-0.2, -0.15) is 13.2 Å². The maximum Gasteiger partial charge on any atom is 0.471 e. The summed E-state index contributed by atoms with van der Waals surface area (Å²) in [6.45, 7) is 0. The zero-order valence-electron chi connectivity index (χ0n) is 8.09. The van der Waals surface area contributed by atoms with Gasteiger partial charge in [0.15, 0.2) is 5.58 Å². The van der Waals surface area contributed by atoms with Crippen molar-refractivity contribution in [2.75, 3.05) is 5.32 Å². The number of halogens is 3. The number of oxazole rings is 1. The van der Waals surface area contributed by atoms with Crippen LogP contribution in [0.5, 0.6) is 0 Å². The van der Waals surface area contributed by atoms with Crippen molar-refractivity contribution in [2.24, 2.45) is 0 Å². The predicted octanol–water partition coefficient (Wildman–Crippen LogP) is 1.62. The Labute approximate surface area is 91.2 Å². The van der Waals surface area contributed by atoms with Gasteiger partial charge in [-0.1, -0.05) is 6.07 Å². The molecule has 2 aromatic rings. The van der Waals surface area contributed by atoms with Crippen LogP contribution in [0.1, 0.15) is 0 Å². The van der Waals surface area contributed by atoms with Crippen molar-refractivity contribution >= 4 is 22.7 Å². The van der Waals surface area contributed by atoms with Gasteiger partial charge in [0.1, 0.15) is 5.52 Å². The van der Waals surface area contributed by atoms with Gasteiger partial charge in [-0.3, -0.25) is 9.78 Å². The van der Waals surface area contributed by atoms with Gasteiger partial charge >= 0.3 is 17.8 Å². The van der Waals surface area contributed by atoms with E-state index in [0.717, 1.165) is 0 Å². The number of fused-ring (bicyclic) bond motifs is 1. The molecule has 0 saturated heterocycles. The zero-order chi connectivity index (χ0) is 12.6. The van der Waals surface area contributed by atoms with Crippen molar-refractivity contribution in [3.63, 3.8) is 0 Å². The van der Waals surface area contributed by atoms with Gasteiger partial charge in [0.05, 0.1) is 5.69 Å². The molecule has 0 atom stereocenters. The first-order valence-corrected chi connectivity index (χ1v) is 4.38. The van der Waals surface area contributed by atoms with Crippen LogP contribution in [-0.2, 0) is 4.79 Å². The van der Waals surface area contributed by atoms with Crippen LogP contribution in [0.15, 0.2) is 27.4 Å². The van der Waals surface area contributed by atoms with Crippen molar-refractivity contribution < 1.29 is 22.4 Å². The third kappa shape index (κ3) is 2.14. The summed E-state index contributed by atoms with van der Waals surface area (Å²) in [5.74, 6) is -2.93. The molecule has 1 aromatic heterocycles. The molecule has 0 bridgehead atoms. The zero-order valence-corrected chi connectivity index (χ0v) is 8.09. The summed E-state index contributed by atoms with van der Waals surface area (Å²) < 4.78 is 40.7. The number of anilines is 1. The highest BCUT2D eigenvalue weighted by Gasteiger charge is 2.39. The first-order chi connectivity index (χ1) is 7.88. The molecule has 0 aliphatic carbocycles. The molecule has 1 aromatic carbocycles. The molecule has 2 rings (SSSR count). The number of benzene rings is 1. The molecule has 1 heterocycles. The Morgan fingerprint density at radius 2 is 2.06 bits per heavy atom. The second kappa shape index (κ2) is 3.65. The Morgan fingerprint density at radius 1 is 1.35 bits per heavy atom. The minimum atomic E-state index is -4.99. The summed E-state index contributed by atoms with van der Waals surface area (Å²) in [6, 6.07) is 3.96. The average Bonchev–Trinajstić information content (AvgIpc) is 2.58. The summed E-state index contributed by atoms with van der Waals surface area (Å²) >= 11 is 0. The Bertz CT molecular complexity index is 626. The van der Waals surface area contributed by atoms with Gasteiger partial charge in [0.2, 0.25) is 0 Å². The van der Waals surface area contributed by atoms with Gasteiger partial charge in [-0.05, 0) is 12.1 Å². The molecule has 8 heteroatoms. The third-order valence-corrected chi connectivity index (χ3v) is 1.96. The maximum atomic E-state index is 12.0. The number of aromatic nitrogens is 1. The lowest BCUT2D eigenvalue weighted by atomic mass is 10.3. The van der Waals surface area contributed by atoms with E-state index in [-0.39, 0.29) is 16.8 Å². The number of alkyl halides is 3. The van der Waals surface area contributed by atoms with Crippen molar-refractivity contribution in [2.45, 2.75) is 6.18 Å². The van der Waals surface area contributed by atoms with E-state index >= 15 is 0 Å². The van der Waals surface area contributed by atoms with Crippen LogP contribution in [0.4, 0.5) is 18.9 Å². The van der Waals surface area contributed by atoms with Crippen molar-refractivity contribution in [3.05, 3.63) is 28.7 Å². The van der Waals surface area contributed by atoms with Crippen LogP contribution < -0.4 is 11.1 Å². The summed E-state index contributed by atoms with van der Waals surface area (Å²) in [7, 11) is 0. The Hall–Kier alpha value is -2.25. The monoisotopic (exact) mass is 246 g/mol. The van der Waals surface area contributed by atoms with Crippen LogP contribution in [-0.4, -0.2) is 17.1 Å². The van der Waals surface area contributed by atoms with E-state index in [0.29, 0.717) is 0 Å². The third-order valence-electron chi connectivity index (χ3n) is 1.96. The topological polar surface area (TPSA) is 75.1 Å². The van der Waals surface area contributed by atoms with Gasteiger partial charge in [0, 0.05) is 0 Å². The maximum absolute atomic E-state index is 12.0. The molecule has 0 spiro atoms. The van der Waals surface area contributed by atoms with Crippen LogP contribution in [0, 0.1) is 0 Å². The predicted molar refractivity (Wildman–Crippen MR) is 51.5 cm³/mol. The van der Waals surface area contributed by atoms with Crippen LogP contribution in [0.25, 0.3) is 11.1 Å². The number of amides is 1. The fraction of sp³-hybridized carbons (Fsp3) is 0.111. The number of aromatic amines is 1. The van der Waals surface area contributed by atoms with Gasteiger partial charge in [-0.15, -0.1) is 0 Å². The molecule has 2 N–H and O–H groups in total. The number of nitrogens with one attached hydrogen (secondary N) is 2. The molecular formula is C9H5F3N2O3. The molecule has 90 valence electrons. The van der Waals surface area contributed by atoms with E-state index < -0.39 is 17.8 Å². The second-order valence-electron chi connectivity index (χ2n) is 3.15. The van der Waals surface area contributed by atoms with Crippen molar-refractivity contribution in [3.8, 4) is 0 Å². The summed E-state index contributed by atoms with van der Waals surface area (Å²) in [5.41, 5.74) is -0.0965. The van der Waals surface area contributed by atoms with E-state index in [4.69, 9.17) is 0 Å². The lowest BCUT2D eigenvalue weighted by Gasteiger charge is -2.07. The SMILES string of the molecule is O=C(Nc1cccc2oc(=O)[nH]c12)C(F)(F)F. The van der Waals surface area contributed by atoms with E-state index in [1.54, 1.807) is 5.32 Å². The Kier molecular flexibility index (Phi) is 2.41. The number of hydrogen-bond acceptors (Lipinski definition) is 3. The molecule has 0 saturated carbocycles. The molecule has 0 fully saturated rings. The molecule has 1 amide bonds. The van der Waals surface area contributed by atoms with E-state index in [9.17, 15) is 22.8 Å². The number of carbonyl (C=O) groups excluding carboxylic acids is 1. The molecule has 0 aliphatic heterocycles. The van der Waals surface area contributed by atoms with Crippen LogP contribution >= 0.6 is 0 Å². The van der Waals surface area contributed by atoms with Gasteiger partial charge in [-0.25, -0.2) is 4.79 Å². The Balaban J connectivity index is 2.43. The molecular weight excluding hydrogens is 241 g/mol. The molecule has 17 heavy (non-hydrogen) atoms. The first-order valence-electron chi connectivity index (χ1n) is 4.38. The number of carbonyl (C=O) groups is 1. The molecule has 0 radical (unpaired) electrons. The first kappa shape index (κ1) is 11.2. The molecule has 0 aliphatic rings. The Morgan fingerprint density at radius 3 is 2.71 bits per heavy atom. The second-order valence-corrected chi connectivity index (χ2v) is 3.15. The number of rotatable bonds is 1. The lowest BCUT2D eigenvalue weighted by molar-refractivity contribution is -0.167. The number of H-pyrrole nitrogens is 1. The van der Waals surface area contributed by atoms with Crippen LogP contribution in [0.2, 0.25) is 0 Å². The summed E-state index contributed by atoms with van der Waals surface area (Å²) in [4.78, 5) is 23.8. The summed E-state index contributed by atoms with van der Waals surface area (Å²) in [6.07, 6.45) is -4.99. The lowest BCUT2D eigenvalue weighted by Crippen LogP contribution is -2.30. The highest BCUT2D eigenvalue weighted by atomic mass is 19.4. The molecule has 5 nitrogen and oxygen atoms in total. The molecule has 0 unspecified atom stereocenters. The highest BCUT2D eigenvalue weighted by molar-refractivity contribution is 6.01.